The van der Waals surface area contributed by atoms with Gasteiger partial charge in [0.15, 0.2) is 0 Å². The largest absolute Gasteiger partial charge is 0.440 e. The zero-order valence-electron chi connectivity index (χ0n) is 10.6. The molecule has 0 aliphatic rings. The van der Waals surface area contributed by atoms with Crippen molar-refractivity contribution in [3.63, 3.8) is 0 Å². The van der Waals surface area contributed by atoms with E-state index in [2.05, 4.69) is 35.2 Å². The lowest BCUT2D eigenvalue weighted by molar-refractivity contribution is 0.454. The molecule has 0 aliphatic carbocycles. The summed E-state index contributed by atoms with van der Waals surface area (Å²) in [6.45, 7) is 6.12. The highest BCUT2D eigenvalue weighted by atomic mass is 32.2. The number of hydrogen-bond donors (Lipinski definition) is 1. The minimum Gasteiger partial charge on any atom is -0.440 e. The lowest BCUT2D eigenvalue weighted by atomic mass is 10.2. The molecule has 0 saturated heterocycles. The Morgan fingerprint density at radius 1 is 1.39 bits per heavy atom. The van der Waals surface area contributed by atoms with Gasteiger partial charge >= 0.3 is 0 Å². The highest BCUT2D eigenvalue weighted by molar-refractivity contribution is 7.99. The van der Waals surface area contributed by atoms with Gasteiger partial charge in [0, 0.05) is 12.7 Å². The van der Waals surface area contributed by atoms with Gasteiger partial charge in [0.2, 0.25) is 0 Å². The molecule has 4 nitrogen and oxygen atoms in total. The summed E-state index contributed by atoms with van der Waals surface area (Å²) in [4.78, 5) is 8.53. The van der Waals surface area contributed by atoms with Gasteiger partial charge in [0.1, 0.15) is 11.3 Å². The van der Waals surface area contributed by atoms with Crippen LogP contribution in [0.4, 0.5) is 0 Å². The first kappa shape index (κ1) is 13.1. The van der Waals surface area contributed by atoms with Crippen molar-refractivity contribution in [1.82, 2.24) is 15.3 Å². The van der Waals surface area contributed by atoms with E-state index in [4.69, 9.17) is 4.42 Å². The zero-order chi connectivity index (χ0) is 12.8. The van der Waals surface area contributed by atoms with E-state index in [0.717, 1.165) is 30.1 Å². The second-order valence-corrected chi connectivity index (χ2v) is 4.98. The molecule has 5 heteroatoms. The molecular weight excluding hydrogens is 246 g/mol. The number of oxazole rings is 1. The van der Waals surface area contributed by atoms with Gasteiger partial charge in [-0.2, -0.15) is 0 Å². The summed E-state index contributed by atoms with van der Waals surface area (Å²) in [5.74, 6) is 0. The second kappa shape index (κ2) is 6.56. The van der Waals surface area contributed by atoms with Crippen LogP contribution in [0.2, 0.25) is 0 Å². The number of rotatable bonds is 6. The summed E-state index contributed by atoms with van der Waals surface area (Å²) >= 11 is 1.45. The standard InChI is InChI=1S/C13H17N3OS/c1-3-4-14-8-11-7-10(2)12(16-9-11)18-13-15-5-6-17-13/h5-7,9,14H,3-4,8H2,1-2H3. The topological polar surface area (TPSA) is 51.0 Å². The predicted octanol–water partition coefficient (Wildman–Crippen LogP) is 3.03. The Bertz CT molecular complexity index is 485. The molecule has 0 fully saturated rings. The molecule has 0 radical (unpaired) electrons. The van der Waals surface area contributed by atoms with Crippen LogP contribution in [0.3, 0.4) is 0 Å². The molecule has 2 rings (SSSR count). The molecule has 0 amide bonds. The number of pyridine rings is 1. The van der Waals surface area contributed by atoms with Crippen LogP contribution in [0.15, 0.2) is 39.4 Å². The summed E-state index contributed by atoms with van der Waals surface area (Å²) in [7, 11) is 0. The highest BCUT2D eigenvalue weighted by Gasteiger charge is 2.07. The van der Waals surface area contributed by atoms with Crippen LogP contribution < -0.4 is 5.32 Å². The maximum absolute atomic E-state index is 5.20. The number of nitrogens with zero attached hydrogens (tertiary/aromatic N) is 2. The summed E-state index contributed by atoms with van der Waals surface area (Å²) < 4.78 is 5.20. The van der Waals surface area contributed by atoms with Crippen LogP contribution in [0, 0.1) is 6.92 Å². The van der Waals surface area contributed by atoms with Crippen molar-refractivity contribution in [2.75, 3.05) is 6.54 Å². The molecule has 0 aliphatic heterocycles. The first-order valence-electron chi connectivity index (χ1n) is 6.03. The molecule has 0 spiro atoms. The number of hydrogen-bond acceptors (Lipinski definition) is 5. The molecule has 18 heavy (non-hydrogen) atoms. The minimum atomic E-state index is 0.627. The van der Waals surface area contributed by atoms with Gasteiger partial charge < -0.3 is 9.73 Å². The molecule has 2 heterocycles. The van der Waals surface area contributed by atoms with Gasteiger partial charge in [-0.3, -0.25) is 0 Å². The van der Waals surface area contributed by atoms with Gasteiger partial charge in [-0.05, 0) is 42.8 Å². The molecule has 0 atom stereocenters. The molecule has 2 aromatic heterocycles. The molecule has 2 aromatic rings. The third-order valence-electron chi connectivity index (χ3n) is 2.44. The molecule has 1 N–H and O–H groups in total. The van der Waals surface area contributed by atoms with Crippen molar-refractivity contribution in [2.24, 2.45) is 0 Å². The summed E-state index contributed by atoms with van der Waals surface area (Å²) in [5, 5.41) is 4.93. The Labute approximate surface area is 111 Å². The average Bonchev–Trinajstić information content (AvgIpc) is 2.86. The van der Waals surface area contributed by atoms with Crippen LogP contribution in [-0.2, 0) is 6.54 Å². The number of aromatic nitrogens is 2. The van der Waals surface area contributed by atoms with E-state index in [1.807, 2.05) is 6.20 Å². The smallest absolute Gasteiger partial charge is 0.261 e. The van der Waals surface area contributed by atoms with E-state index in [9.17, 15) is 0 Å². The normalized spacial score (nSPS) is 10.8. The van der Waals surface area contributed by atoms with E-state index >= 15 is 0 Å². The first-order chi connectivity index (χ1) is 8.79. The third kappa shape index (κ3) is 3.58. The van der Waals surface area contributed by atoms with Crippen LogP contribution in [0.25, 0.3) is 0 Å². The van der Waals surface area contributed by atoms with Gasteiger partial charge in [0.05, 0.1) is 6.20 Å². The molecule has 0 bridgehead atoms. The molecule has 0 unspecified atom stereocenters. The zero-order valence-corrected chi connectivity index (χ0v) is 11.5. The Balaban J connectivity index is 2.01. The van der Waals surface area contributed by atoms with Crippen LogP contribution in [-0.4, -0.2) is 16.5 Å². The predicted molar refractivity (Wildman–Crippen MR) is 71.6 cm³/mol. The fourth-order valence-electron chi connectivity index (χ4n) is 1.58. The van der Waals surface area contributed by atoms with Gasteiger partial charge in [-0.15, -0.1) is 0 Å². The fraction of sp³-hybridized carbons (Fsp3) is 0.385. The van der Waals surface area contributed by atoms with Crippen LogP contribution in [0.5, 0.6) is 0 Å². The van der Waals surface area contributed by atoms with Crippen molar-refractivity contribution < 1.29 is 4.42 Å². The van der Waals surface area contributed by atoms with Gasteiger partial charge in [-0.25, -0.2) is 9.97 Å². The fourth-order valence-corrected chi connectivity index (χ4v) is 2.28. The number of nitrogens with one attached hydrogen (secondary N) is 1. The average molecular weight is 263 g/mol. The Morgan fingerprint density at radius 3 is 2.94 bits per heavy atom. The van der Waals surface area contributed by atoms with Crippen LogP contribution >= 0.6 is 11.8 Å². The highest BCUT2D eigenvalue weighted by Crippen LogP contribution is 2.27. The number of aryl methyl sites for hydroxylation is 1. The summed E-state index contributed by atoms with van der Waals surface area (Å²) in [6.07, 6.45) is 6.26. The van der Waals surface area contributed by atoms with E-state index in [0.29, 0.717) is 5.22 Å². The summed E-state index contributed by atoms with van der Waals surface area (Å²) in [5.41, 5.74) is 2.35. The van der Waals surface area contributed by atoms with Crippen molar-refractivity contribution >= 4 is 11.8 Å². The van der Waals surface area contributed by atoms with Crippen molar-refractivity contribution in [1.29, 1.82) is 0 Å². The molecule has 0 saturated carbocycles. The van der Waals surface area contributed by atoms with E-state index in [-0.39, 0.29) is 0 Å². The van der Waals surface area contributed by atoms with E-state index < -0.39 is 0 Å². The minimum absolute atomic E-state index is 0.627. The van der Waals surface area contributed by atoms with Crippen molar-refractivity contribution in [2.45, 2.75) is 37.1 Å². The SMILES string of the molecule is CCCNCc1cnc(Sc2ncco2)c(C)c1. The molecule has 0 aromatic carbocycles. The Hall–Kier alpha value is -1.33. The monoisotopic (exact) mass is 263 g/mol. The second-order valence-electron chi connectivity index (χ2n) is 4.04. The third-order valence-corrected chi connectivity index (χ3v) is 3.43. The Kier molecular flexibility index (Phi) is 4.78. The first-order valence-corrected chi connectivity index (χ1v) is 6.85. The van der Waals surface area contributed by atoms with Crippen molar-refractivity contribution in [3.05, 3.63) is 35.9 Å². The lowest BCUT2D eigenvalue weighted by Gasteiger charge is -2.06. The van der Waals surface area contributed by atoms with Crippen molar-refractivity contribution in [3.8, 4) is 0 Å². The van der Waals surface area contributed by atoms with Gasteiger partial charge in [-0.1, -0.05) is 13.0 Å². The quantitative estimate of drug-likeness (QED) is 0.812. The lowest BCUT2D eigenvalue weighted by Crippen LogP contribution is -2.14. The molecular formula is C13H17N3OS. The van der Waals surface area contributed by atoms with E-state index in [1.165, 1.54) is 17.3 Å². The summed E-state index contributed by atoms with van der Waals surface area (Å²) in [6, 6.07) is 2.15. The Morgan fingerprint density at radius 2 is 2.28 bits per heavy atom. The van der Waals surface area contributed by atoms with Gasteiger partial charge in [0.25, 0.3) is 5.22 Å². The maximum atomic E-state index is 5.20. The van der Waals surface area contributed by atoms with E-state index in [1.54, 1.807) is 12.5 Å². The maximum Gasteiger partial charge on any atom is 0.261 e. The molecule has 96 valence electrons. The van der Waals surface area contributed by atoms with Crippen LogP contribution in [0.1, 0.15) is 24.5 Å².